The van der Waals surface area contributed by atoms with Gasteiger partial charge in [-0.15, -0.1) is 0 Å². The Labute approximate surface area is 159 Å². The monoisotopic (exact) mass is 367 g/mol. The second-order valence-corrected chi connectivity index (χ2v) is 6.36. The van der Waals surface area contributed by atoms with E-state index in [9.17, 15) is 14.4 Å². The Bertz CT molecular complexity index is 783. The molecule has 0 saturated heterocycles. The number of nitrogens with one attached hydrogen (secondary N) is 3. The molecule has 0 fully saturated rings. The van der Waals surface area contributed by atoms with Crippen molar-refractivity contribution in [2.75, 3.05) is 18.9 Å². The maximum atomic E-state index is 11.9. The molecule has 0 aliphatic rings. The minimum Gasteiger partial charge on any atom is -0.359 e. The number of anilines is 1. The largest absolute Gasteiger partial charge is 0.359 e. The summed E-state index contributed by atoms with van der Waals surface area (Å²) in [6.07, 6.45) is 1.27. The average Bonchev–Trinajstić information content (AvgIpc) is 2.67. The van der Waals surface area contributed by atoms with Gasteiger partial charge >= 0.3 is 0 Å². The molecule has 6 heteroatoms. The van der Waals surface area contributed by atoms with Crippen LogP contribution in [0.5, 0.6) is 0 Å². The summed E-state index contributed by atoms with van der Waals surface area (Å²) < 4.78 is 0. The topological polar surface area (TPSA) is 87.3 Å². The van der Waals surface area contributed by atoms with E-state index < -0.39 is 0 Å². The molecule has 0 aliphatic heterocycles. The van der Waals surface area contributed by atoms with Crippen molar-refractivity contribution in [2.24, 2.45) is 0 Å². The van der Waals surface area contributed by atoms with E-state index in [0.717, 1.165) is 11.1 Å². The van der Waals surface area contributed by atoms with Crippen LogP contribution in [0.1, 0.15) is 23.1 Å². The Balaban J connectivity index is 1.71. The van der Waals surface area contributed by atoms with Gasteiger partial charge in [0, 0.05) is 19.2 Å². The third kappa shape index (κ3) is 7.32. The number of hydrogen-bond donors (Lipinski definition) is 3. The van der Waals surface area contributed by atoms with Gasteiger partial charge in [-0.2, -0.15) is 0 Å². The first-order valence-corrected chi connectivity index (χ1v) is 8.88. The standard InChI is InChI=1S/C21H25N3O3/c1-15-3-5-16(6-4-15)9-12-19(25)23-14-21(27)24-18-10-7-17(8-11-18)13-20(26)22-2/h3-8,10-11H,9,12-14H2,1-2H3,(H,22,26)(H,23,25)(H,24,27). The van der Waals surface area contributed by atoms with Crippen molar-refractivity contribution in [3.63, 3.8) is 0 Å². The highest BCUT2D eigenvalue weighted by Gasteiger charge is 2.07. The Morgan fingerprint density at radius 1 is 0.815 bits per heavy atom. The molecule has 0 saturated carbocycles. The Morgan fingerprint density at radius 2 is 1.44 bits per heavy atom. The van der Waals surface area contributed by atoms with E-state index in [1.54, 1.807) is 31.3 Å². The van der Waals surface area contributed by atoms with E-state index in [1.165, 1.54) is 5.56 Å². The summed E-state index contributed by atoms with van der Waals surface area (Å²) in [5.74, 6) is -0.524. The van der Waals surface area contributed by atoms with Gasteiger partial charge in [0.25, 0.3) is 0 Å². The Kier molecular flexibility index (Phi) is 7.55. The average molecular weight is 367 g/mol. The molecule has 0 aromatic heterocycles. The third-order valence-corrected chi connectivity index (χ3v) is 4.09. The van der Waals surface area contributed by atoms with Crippen LogP contribution in [0.3, 0.4) is 0 Å². The first-order chi connectivity index (χ1) is 13.0. The van der Waals surface area contributed by atoms with Crippen molar-refractivity contribution >= 4 is 23.4 Å². The van der Waals surface area contributed by atoms with E-state index in [2.05, 4.69) is 16.0 Å². The van der Waals surface area contributed by atoms with Crippen LogP contribution in [0.4, 0.5) is 5.69 Å². The van der Waals surface area contributed by atoms with Gasteiger partial charge in [0.2, 0.25) is 17.7 Å². The first-order valence-electron chi connectivity index (χ1n) is 8.88. The summed E-state index contributed by atoms with van der Waals surface area (Å²) in [5.41, 5.74) is 3.75. The number of carbonyl (C=O) groups excluding carboxylic acids is 3. The number of carbonyl (C=O) groups is 3. The number of benzene rings is 2. The fourth-order valence-electron chi connectivity index (χ4n) is 2.46. The third-order valence-electron chi connectivity index (χ3n) is 4.09. The summed E-state index contributed by atoms with van der Waals surface area (Å²) in [4.78, 5) is 35.2. The molecule has 0 unspecified atom stereocenters. The van der Waals surface area contributed by atoms with Crippen molar-refractivity contribution in [2.45, 2.75) is 26.2 Å². The van der Waals surface area contributed by atoms with Gasteiger partial charge < -0.3 is 16.0 Å². The van der Waals surface area contributed by atoms with Crippen LogP contribution in [0.15, 0.2) is 48.5 Å². The van der Waals surface area contributed by atoms with Gasteiger partial charge in [-0.25, -0.2) is 0 Å². The normalized spacial score (nSPS) is 10.1. The van der Waals surface area contributed by atoms with Gasteiger partial charge in [-0.3, -0.25) is 14.4 Å². The fourth-order valence-corrected chi connectivity index (χ4v) is 2.46. The lowest BCUT2D eigenvalue weighted by atomic mass is 10.1. The maximum Gasteiger partial charge on any atom is 0.243 e. The molecule has 6 nitrogen and oxygen atoms in total. The molecular weight excluding hydrogens is 342 g/mol. The lowest BCUT2D eigenvalue weighted by Crippen LogP contribution is -2.32. The van der Waals surface area contributed by atoms with Crippen molar-refractivity contribution in [1.29, 1.82) is 0 Å². The molecule has 3 amide bonds. The summed E-state index contributed by atoms with van der Waals surface area (Å²) in [6.45, 7) is 1.94. The lowest BCUT2D eigenvalue weighted by molar-refractivity contribution is -0.124. The van der Waals surface area contributed by atoms with Crippen molar-refractivity contribution < 1.29 is 14.4 Å². The summed E-state index contributed by atoms with van der Waals surface area (Å²) >= 11 is 0. The van der Waals surface area contributed by atoms with E-state index in [0.29, 0.717) is 24.9 Å². The zero-order chi connectivity index (χ0) is 19.6. The predicted molar refractivity (Wildman–Crippen MR) is 105 cm³/mol. The summed E-state index contributed by atoms with van der Waals surface area (Å²) in [6, 6.07) is 15.1. The zero-order valence-electron chi connectivity index (χ0n) is 15.7. The Hall–Kier alpha value is -3.15. The SMILES string of the molecule is CNC(=O)Cc1ccc(NC(=O)CNC(=O)CCc2ccc(C)cc2)cc1. The zero-order valence-corrected chi connectivity index (χ0v) is 15.7. The Morgan fingerprint density at radius 3 is 2.07 bits per heavy atom. The van der Waals surface area contributed by atoms with Gasteiger partial charge in [0.1, 0.15) is 0 Å². The molecule has 2 aromatic rings. The van der Waals surface area contributed by atoms with Gasteiger partial charge in [0.15, 0.2) is 0 Å². The molecule has 0 bridgehead atoms. The number of rotatable bonds is 8. The minimum absolute atomic E-state index is 0.0693. The van der Waals surface area contributed by atoms with Crippen LogP contribution in [0.25, 0.3) is 0 Å². The van der Waals surface area contributed by atoms with E-state index in [1.807, 2.05) is 31.2 Å². The second kappa shape index (κ2) is 10.1. The molecule has 0 atom stereocenters. The number of hydrogen-bond acceptors (Lipinski definition) is 3. The van der Waals surface area contributed by atoms with Crippen LogP contribution in [0.2, 0.25) is 0 Å². The molecule has 0 spiro atoms. The van der Waals surface area contributed by atoms with E-state index in [4.69, 9.17) is 0 Å². The van der Waals surface area contributed by atoms with Crippen LogP contribution < -0.4 is 16.0 Å². The van der Waals surface area contributed by atoms with Gasteiger partial charge in [0.05, 0.1) is 13.0 Å². The summed E-state index contributed by atoms with van der Waals surface area (Å²) in [7, 11) is 1.59. The number of aryl methyl sites for hydroxylation is 2. The molecule has 27 heavy (non-hydrogen) atoms. The number of likely N-dealkylation sites (N-methyl/N-ethyl adjacent to an activating group) is 1. The minimum atomic E-state index is -0.294. The second-order valence-electron chi connectivity index (χ2n) is 6.36. The molecular formula is C21H25N3O3. The highest BCUT2D eigenvalue weighted by Crippen LogP contribution is 2.10. The van der Waals surface area contributed by atoms with E-state index >= 15 is 0 Å². The molecule has 0 radical (unpaired) electrons. The van der Waals surface area contributed by atoms with Crippen LogP contribution in [0, 0.1) is 6.92 Å². The maximum absolute atomic E-state index is 11.9. The molecule has 3 N–H and O–H groups in total. The predicted octanol–water partition coefficient (Wildman–Crippen LogP) is 1.97. The van der Waals surface area contributed by atoms with Crippen molar-refractivity contribution in [1.82, 2.24) is 10.6 Å². The van der Waals surface area contributed by atoms with E-state index in [-0.39, 0.29) is 24.3 Å². The molecule has 142 valence electrons. The first kappa shape index (κ1) is 20.2. The fraction of sp³-hybridized carbons (Fsp3) is 0.286. The van der Waals surface area contributed by atoms with Crippen molar-refractivity contribution in [3.8, 4) is 0 Å². The molecule has 2 aromatic carbocycles. The van der Waals surface area contributed by atoms with Crippen molar-refractivity contribution in [3.05, 3.63) is 65.2 Å². The summed E-state index contributed by atoms with van der Waals surface area (Å²) in [5, 5.41) is 7.90. The quantitative estimate of drug-likeness (QED) is 0.667. The van der Waals surface area contributed by atoms with Gasteiger partial charge in [-0.05, 0) is 36.6 Å². The smallest absolute Gasteiger partial charge is 0.243 e. The molecule has 0 heterocycles. The highest BCUT2D eigenvalue weighted by atomic mass is 16.2. The van der Waals surface area contributed by atoms with Crippen LogP contribution >= 0.6 is 0 Å². The highest BCUT2D eigenvalue weighted by molar-refractivity contribution is 5.94. The van der Waals surface area contributed by atoms with Crippen LogP contribution in [-0.4, -0.2) is 31.3 Å². The van der Waals surface area contributed by atoms with Gasteiger partial charge in [-0.1, -0.05) is 42.0 Å². The van der Waals surface area contributed by atoms with Crippen LogP contribution in [-0.2, 0) is 27.2 Å². The lowest BCUT2D eigenvalue weighted by Gasteiger charge is -2.08. The molecule has 2 rings (SSSR count). The number of amides is 3. The molecule has 0 aliphatic carbocycles.